The van der Waals surface area contributed by atoms with Crippen LogP contribution in [0.1, 0.15) is 17.3 Å². The Kier molecular flexibility index (Phi) is 5.74. The largest absolute Gasteiger partial charge is 0.394 e. The molecule has 0 saturated carbocycles. The van der Waals surface area contributed by atoms with Gasteiger partial charge in [-0.2, -0.15) is 0 Å². The number of ether oxygens (including phenoxy) is 1. The molecular weight excluding hydrogens is 237 g/mol. The van der Waals surface area contributed by atoms with Gasteiger partial charge in [-0.1, -0.05) is 6.07 Å². The topological polar surface area (TPSA) is 49.8 Å². The number of rotatable bonds is 7. The van der Waals surface area contributed by atoms with Crippen LogP contribution in [-0.4, -0.2) is 44.3 Å². The molecule has 1 N–H and O–H groups in total. The number of anilines is 1. The lowest BCUT2D eigenvalue weighted by atomic mass is 10.1. The van der Waals surface area contributed by atoms with Crippen molar-refractivity contribution in [2.75, 3.05) is 38.3 Å². The summed E-state index contributed by atoms with van der Waals surface area (Å²) in [5.74, 6) is -0.597. The molecule has 0 radical (unpaired) electrons. The standard InChI is InChI=1S/C13H18FNO3/c1-10(17)11-4-3-5-12(14)13(11)15(2)6-8-18-9-7-16/h3-5,16H,6-9H2,1-2H3. The number of ketones is 1. The van der Waals surface area contributed by atoms with Crippen LogP contribution in [0.2, 0.25) is 0 Å². The number of aliphatic hydroxyl groups is 1. The highest BCUT2D eigenvalue weighted by Gasteiger charge is 2.15. The van der Waals surface area contributed by atoms with Crippen LogP contribution in [0.4, 0.5) is 10.1 Å². The van der Waals surface area contributed by atoms with E-state index >= 15 is 0 Å². The molecule has 0 heterocycles. The molecule has 0 unspecified atom stereocenters. The van der Waals surface area contributed by atoms with E-state index in [2.05, 4.69) is 0 Å². The lowest BCUT2D eigenvalue weighted by Crippen LogP contribution is -2.25. The van der Waals surface area contributed by atoms with E-state index < -0.39 is 5.82 Å². The molecule has 5 heteroatoms. The highest BCUT2D eigenvalue weighted by molar-refractivity contribution is 5.99. The highest BCUT2D eigenvalue weighted by atomic mass is 19.1. The molecule has 0 bridgehead atoms. The minimum Gasteiger partial charge on any atom is -0.394 e. The summed E-state index contributed by atoms with van der Waals surface area (Å²) in [5, 5.41) is 8.57. The van der Waals surface area contributed by atoms with Gasteiger partial charge in [-0.25, -0.2) is 4.39 Å². The Hall–Kier alpha value is -1.46. The molecule has 0 aliphatic carbocycles. The van der Waals surface area contributed by atoms with E-state index in [1.54, 1.807) is 18.0 Å². The maximum absolute atomic E-state index is 13.8. The number of halogens is 1. The molecule has 0 fully saturated rings. The molecule has 1 aromatic carbocycles. The van der Waals surface area contributed by atoms with Crippen LogP contribution in [0.15, 0.2) is 18.2 Å². The van der Waals surface area contributed by atoms with Gasteiger partial charge >= 0.3 is 0 Å². The first kappa shape index (κ1) is 14.6. The van der Waals surface area contributed by atoms with Crippen LogP contribution in [0.3, 0.4) is 0 Å². The van der Waals surface area contributed by atoms with Gasteiger partial charge in [0, 0.05) is 19.2 Å². The average Bonchev–Trinajstić information content (AvgIpc) is 2.34. The van der Waals surface area contributed by atoms with Crippen LogP contribution in [0.5, 0.6) is 0 Å². The van der Waals surface area contributed by atoms with Crippen LogP contribution >= 0.6 is 0 Å². The van der Waals surface area contributed by atoms with Gasteiger partial charge in [0.1, 0.15) is 5.82 Å². The number of hydrogen-bond acceptors (Lipinski definition) is 4. The summed E-state index contributed by atoms with van der Waals surface area (Å²) in [6.45, 7) is 2.44. The maximum Gasteiger partial charge on any atom is 0.161 e. The molecule has 100 valence electrons. The first-order valence-electron chi connectivity index (χ1n) is 5.77. The molecule has 0 spiro atoms. The van der Waals surface area contributed by atoms with E-state index in [4.69, 9.17) is 9.84 Å². The molecule has 0 aliphatic heterocycles. The van der Waals surface area contributed by atoms with E-state index in [-0.39, 0.29) is 24.7 Å². The molecular formula is C13H18FNO3. The predicted molar refractivity (Wildman–Crippen MR) is 67.6 cm³/mol. The fourth-order valence-electron chi connectivity index (χ4n) is 1.67. The minimum absolute atomic E-state index is 0.0396. The Labute approximate surface area is 106 Å². The van der Waals surface area contributed by atoms with Gasteiger partial charge in [-0.3, -0.25) is 4.79 Å². The number of para-hydroxylation sites is 1. The molecule has 0 atom stereocenters. The second kappa shape index (κ2) is 7.08. The molecule has 0 saturated heterocycles. The summed E-state index contributed by atoms with van der Waals surface area (Å²) in [7, 11) is 1.70. The van der Waals surface area contributed by atoms with Crippen LogP contribution < -0.4 is 4.90 Å². The quantitative estimate of drug-likeness (QED) is 0.592. The Morgan fingerprint density at radius 2 is 2.17 bits per heavy atom. The van der Waals surface area contributed by atoms with Gasteiger partial charge in [-0.05, 0) is 19.1 Å². The monoisotopic (exact) mass is 255 g/mol. The van der Waals surface area contributed by atoms with Crippen molar-refractivity contribution < 1.29 is 19.0 Å². The Bertz CT molecular complexity index is 409. The van der Waals surface area contributed by atoms with Crippen LogP contribution in [0.25, 0.3) is 0 Å². The van der Waals surface area contributed by atoms with Crippen LogP contribution in [0, 0.1) is 5.82 Å². The van der Waals surface area contributed by atoms with E-state index in [1.165, 1.54) is 19.1 Å². The highest BCUT2D eigenvalue weighted by Crippen LogP contribution is 2.23. The van der Waals surface area contributed by atoms with Crippen molar-refractivity contribution in [1.82, 2.24) is 0 Å². The number of carbonyl (C=O) groups excluding carboxylic acids is 1. The van der Waals surface area contributed by atoms with Crippen molar-refractivity contribution in [3.05, 3.63) is 29.6 Å². The molecule has 1 aromatic rings. The lowest BCUT2D eigenvalue weighted by molar-refractivity contribution is 0.0969. The van der Waals surface area contributed by atoms with E-state index in [9.17, 15) is 9.18 Å². The summed E-state index contributed by atoms with van der Waals surface area (Å²) in [6, 6.07) is 4.45. The van der Waals surface area contributed by atoms with Gasteiger partial charge in [0.15, 0.2) is 5.78 Å². The van der Waals surface area contributed by atoms with Gasteiger partial charge in [-0.15, -0.1) is 0 Å². The molecule has 0 aromatic heterocycles. The minimum atomic E-state index is -0.424. The first-order valence-corrected chi connectivity index (χ1v) is 5.77. The average molecular weight is 255 g/mol. The molecule has 0 amide bonds. The SMILES string of the molecule is CC(=O)c1cccc(F)c1N(C)CCOCCO. The summed E-state index contributed by atoms with van der Waals surface area (Å²) >= 11 is 0. The van der Waals surface area contributed by atoms with E-state index in [0.717, 1.165) is 0 Å². The van der Waals surface area contributed by atoms with Gasteiger partial charge in [0.05, 0.1) is 25.5 Å². The summed E-state index contributed by atoms with van der Waals surface area (Å²) in [5.41, 5.74) is 0.650. The van der Waals surface area contributed by atoms with Crippen molar-refractivity contribution in [2.24, 2.45) is 0 Å². The third kappa shape index (κ3) is 3.78. The third-order valence-electron chi connectivity index (χ3n) is 2.55. The fourth-order valence-corrected chi connectivity index (χ4v) is 1.67. The summed E-state index contributed by atoms with van der Waals surface area (Å²) in [4.78, 5) is 13.1. The number of likely N-dealkylation sites (N-methyl/N-ethyl adjacent to an activating group) is 1. The van der Waals surface area contributed by atoms with Gasteiger partial charge in [0.2, 0.25) is 0 Å². The second-order valence-electron chi connectivity index (χ2n) is 3.95. The lowest BCUT2D eigenvalue weighted by Gasteiger charge is -2.22. The first-order chi connectivity index (χ1) is 8.57. The van der Waals surface area contributed by atoms with Crippen molar-refractivity contribution >= 4 is 11.5 Å². The normalized spacial score (nSPS) is 10.4. The smallest absolute Gasteiger partial charge is 0.161 e. The van der Waals surface area contributed by atoms with Crippen LogP contribution in [-0.2, 0) is 4.74 Å². The third-order valence-corrected chi connectivity index (χ3v) is 2.55. The number of hydrogen-bond donors (Lipinski definition) is 1. The zero-order valence-corrected chi connectivity index (χ0v) is 10.6. The fraction of sp³-hybridized carbons (Fsp3) is 0.462. The molecule has 4 nitrogen and oxygen atoms in total. The zero-order valence-electron chi connectivity index (χ0n) is 10.6. The second-order valence-corrected chi connectivity index (χ2v) is 3.95. The van der Waals surface area contributed by atoms with Crippen molar-refractivity contribution in [1.29, 1.82) is 0 Å². The molecule has 18 heavy (non-hydrogen) atoms. The summed E-state index contributed by atoms with van der Waals surface area (Å²) < 4.78 is 18.9. The number of aliphatic hydroxyl groups excluding tert-OH is 1. The summed E-state index contributed by atoms with van der Waals surface area (Å²) in [6.07, 6.45) is 0. The maximum atomic E-state index is 13.8. The van der Waals surface area contributed by atoms with Crippen molar-refractivity contribution in [3.63, 3.8) is 0 Å². The van der Waals surface area contributed by atoms with Gasteiger partial charge < -0.3 is 14.7 Å². The molecule has 0 aliphatic rings. The number of Topliss-reactive ketones (excluding diaryl/α,β-unsaturated/α-hetero) is 1. The van der Waals surface area contributed by atoms with E-state index in [0.29, 0.717) is 18.7 Å². The number of carbonyl (C=O) groups is 1. The van der Waals surface area contributed by atoms with E-state index in [1.807, 2.05) is 0 Å². The van der Waals surface area contributed by atoms with Crippen molar-refractivity contribution in [2.45, 2.75) is 6.92 Å². The van der Waals surface area contributed by atoms with Crippen molar-refractivity contribution in [3.8, 4) is 0 Å². The zero-order chi connectivity index (χ0) is 13.5. The Morgan fingerprint density at radius 1 is 1.44 bits per heavy atom. The molecule has 1 rings (SSSR count). The predicted octanol–water partition coefficient (Wildman–Crippen LogP) is 1.47. The Balaban J connectivity index is 2.77. The number of nitrogens with zero attached hydrogens (tertiary/aromatic N) is 1. The Morgan fingerprint density at radius 3 is 2.78 bits per heavy atom. The van der Waals surface area contributed by atoms with Gasteiger partial charge in [0.25, 0.3) is 0 Å². The number of benzene rings is 1.